The molecule has 0 amide bonds. The molecule has 0 aliphatic carbocycles. The fraction of sp³-hybridized carbons (Fsp3) is 0.556. The van der Waals surface area contributed by atoms with E-state index in [0.29, 0.717) is 12.5 Å². The number of aliphatic hydroxyl groups is 1. The van der Waals surface area contributed by atoms with Gasteiger partial charge in [0.2, 0.25) is 5.95 Å². The Morgan fingerprint density at radius 2 is 2.23 bits per heavy atom. The van der Waals surface area contributed by atoms with Crippen molar-refractivity contribution in [3.8, 4) is 0 Å². The smallest absolute Gasteiger partial charge is 0.222 e. The van der Waals surface area contributed by atoms with Gasteiger partial charge >= 0.3 is 0 Å². The van der Waals surface area contributed by atoms with Crippen LogP contribution in [-0.4, -0.2) is 28.2 Å². The van der Waals surface area contributed by atoms with E-state index < -0.39 is 0 Å². The third-order valence-electron chi connectivity index (χ3n) is 1.84. The minimum atomic E-state index is 0.192. The van der Waals surface area contributed by atoms with Gasteiger partial charge in [0.05, 0.1) is 0 Å². The molecule has 1 aromatic rings. The number of aryl methyl sites for hydroxylation is 2. The Balaban J connectivity index is 2.53. The monoisotopic (exact) mass is 181 g/mol. The average Bonchev–Trinajstić information content (AvgIpc) is 2.12. The van der Waals surface area contributed by atoms with Gasteiger partial charge in [0.25, 0.3) is 0 Å². The van der Waals surface area contributed by atoms with Crippen LogP contribution in [0.5, 0.6) is 0 Å². The van der Waals surface area contributed by atoms with Crippen LogP contribution >= 0.6 is 0 Å². The minimum Gasteiger partial charge on any atom is -0.396 e. The lowest BCUT2D eigenvalue weighted by Gasteiger charge is -2.04. The van der Waals surface area contributed by atoms with Crippen molar-refractivity contribution < 1.29 is 5.11 Å². The summed E-state index contributed by atoms with van der Waals surface area (Å²) < 4.78 is 0. The van der Waals surface area contributed by atoms with Gasteiger partial charge in [-0.25, -0.2) is 9.97 Å². The maximum atomic E-state index is 8.56. The Hall–Kier alpha value is -1.16. The van der Waals surface area contributed by atoms with Crippen molar-refractivity contribution in [1.29, 1.82) is 0 Å². The van der Waals surface area contributed by atoms with E-state index in [1.165, 1.54) is 0 Å². The zero-order chi connectivity index (χ0) is 9.68. The molecular formula is C9H15N3O. The first kappa shape index (κ1) is 9.92. The highest BCUT2D eigenvalue weighted by Crippen LogP contribution is 2.04. The van der Waals surface area contributed by atoms with E-state index in [1.807, 2.05) is 13.8 Å². The van der Waals surface area contributed by atoms with E-state index in [9.17, 15) is 0 Å². The molecule has 0 bridgehead atoms. The minimum absolute atomic E-state index is 0.192. The van der Waals surface area contributed by atoms with Crippen LogP contribution in [0.1, 0.15) is 17.7 Å². The maximum Gasteiger partial charge on any atom is 0.222 e. The van der Waals surface area contributed by atoms with Crippen LogP contribution in [0.2, 0.25) is 0 Å². The van der Waals surface area contributed by atoms with Crippen molar-refractivity contribution in [2.24, 2.45) is 0 Å². The van der Waals surface area contributed by atoms with Crippen molar-refractivity contribution in [2.45, 2.75) is 20.3 Å². The summed E-state index contributed by atoms with van der Waals surface area (Å²) in [5.41, 5.74) is 2.08. The molecule has 1 aromatic heterocycles. The zero-order valence-electron chi connectivity index (χ0n) is 8.04. The number of hydrogen-bond donors (Lipinski definition) is 2. The average molecular weight is 181 g/mol. The number of nitrogens with zero attached hydrogens (tertiary/aromatic N) is 2. The number of anilines is 1. The number of rotatable bonds is 4. The highest BCUT2D eigenvalue weighted by atomic mass is 16.3. The van der Waals surface area contributed by atoms with Gasteiger partial charge in [0.1, 0.15) is 0 Å². The quantitative estimate of drug-likeness (QED) is 0.677. The summed E-state index contributed by atoms with van der Waals surface area (Å²) in [4.78, 5) is 8.35. The van der Waals surface area contributed by atoms with E-state index in [0.717, 1.165) is 17.7 Å². The van der Waals surface area contributed by atoms with Crippen molar-refractivity contribution in [2.75, 3.05) is 18.5 Å². The Kier molecular flexibility index (Phi) is 3.64. The van der Waals surface area contributed by atoms with Gasteiger partial charge in [-0.05, 0) is 25.8 Å². The molecule has 0 aromatic carbocycles. The number of hydrogen-bond acceptors (Lipinski definition) is 4. The predicted molar refractivity (Wildman–Crippen MR) is 51.7 cm³/mol. The van der Waals surface area contributed by atoms with Crippen LogP contribution in [0.3, 0.4) is 0 Å². The zero-order valence-corrected chi connectivity index (χ0v) is 8.04. The van der Waals surface area contributed by atoms with Gasteiger partial charge < -0.3 is 10.4 Å². The Morgan fingerprint density at radius 3 is 2.85 bits per heavy atom. The Labute approximate surface area is 78.0 Å². The first-order valence-electron chi connectivity index (χ1n) is 4.39. The molecule has 2 N–H and O–H groups in total. The molecule has 0 atom stereocenters. The number of nitrogens with one attached hydrogen (secondary N) is 1. The fourth-order valence-corrected chi connectivity index (χ4v) is 0.892. The van der Waals surface area contributed by atoms with Gasteiger partial charge in [0, 0.05) is 25.0 Å². The summed E-state index contributed by atoms with van der Waals surface area (Å²) in [5, 5.41) is 11.6. The van der Waals surface area contributed by atoms with Crippen LogP contribution in [0.25, 0.3) is 0 Å². The summed E-state index contributed by atoms with van der Waals surface area (Å²) in [6, 6.07) is 0. The van der Waals surface area contributed by atoms with Gasteiger partial charge in [-0.3, -0.25) is 0 Å². The largest absolute Gasteiger partial charge is 0.396 e. The van der Waals surface area contributed by atoms with Crippen LogP contribution in [0.4, 0.5) is 5.95 Å². The van der Waals surface area contributed by atoms with E-state index in [-0.39, 0.29) is 6.61 Å². The second-order valence-corrected chi connectivity index (χ2v) is 2.97. The van der Waals surface area contributed by atoms with E-state index in [1.54, 1.807) is 6.20 Å². The molecule has 0 unspecified atom stereocenters. The summed E-state index contributed by atoms with van der Waals surface area (Å²) in [7, 11) is 0. The summed E-state index contributed by atoms with van der Waals surface area (Å²) >= 11 is 0. The fourth-order valence-electron chi connectivity index (χ4n) is 0.892. The molecule has 0 saturated carbocycles. The number of aromatic nitrogens is 2. The lowest BCUT2D eigenvalue weighted by atomic mass is 10.3. The van der Waals surface area contributed by atoms with Crippen LogP contribution < -0.4 is 5.32 Å². The summed E-state index contributed by atoms with van der Waals surface area (Å²) in [6.45, 7) is 4.83. The molecular weight excluding hydrogens is 166 g/mol. The molecule has 0 aliphatic rings. The van der Waals surface area contributed by atoms with Gasteiger partial charge in [0.15, 0.2) is 0 Å². The lowest BCUT2D eigenvalue weighted by molar-refractivity contribution is 0.292. The van der Waals surface area contributed by atoms with E-state index in [4.69, 9.17) is 5.11 Å². The summed E-state index contributed by atoms with van der Waals surface area (Å²) in [6.07, 6.45) is 2.51. The summed E-state index contributed by atoms with van der Waals surface area (Å²) in [5.74, 6) is 0.636. The Bertz CT molecular complexity index is 276. The molecule has 4 nitrogen and oxygen atoms in total. The van der Waals surface area contributed by atoms with E-state index in [2.05, 4.69) is 15.3 Å². The molecule has 1 rings (SSSR count). The molecule has 0 fully saturated rings. The molecule has 4 heteroatoms. The lowest BCUT2D eigenvalue weighted by Crippen LogP contribution is -2.07. The van der Waals surface area contributed by atoms with Crippen LogP contribution in [-0.2, 0) is 0 Å². The van der Waals surface area contributed by atoms with Gasteiger partial charge in [-0.2, -0.15) is 0 Å². The van der Waals surface area contributed by atoms with Gasteiger partial charge in [-0.15, -0.1) is 0 Å². The second kappa shape index (κ2) is 4.77. The molecule has 0 spiro atoms. The van der Waals surface area contributed by atoms with E-state index >= 15 is 0 Å². The second-order valence-electron chi connectivity index (χ2n) is 2.97. The van der Waals surface area contributed by atoms with Crippen molar-refractivity contribution >= 4 is 5.95 Å². The molecule has 13 heavy (non-hydrogen) atoms. The highest BCUT2D eigenvalue weighted by molar-refractivity contribution is 5.28. The van der Waals surface area contributed by atoms with Gasteiger partial charge in [-0.1, -0.05) is 0 Å². The topological polar surface area (TPSA) is 58.0 Å². The number of aliphatic hydroxyl groups excluding tert-OH is 1. The normalized spacial score (nSPS) is 10.1. The third kappa shape index (κ3) is 2.99. The molecule has 1 heterocycles. The predicted octanol–water partition coefficient (Wildman–Crippen LogP) is 0.888. The van der Waals surface area contributed by atoms with Crippen molar-refractivity contribution in [1.82, 2.24) is 9.97 Å². The maximum absolute atomic E-state index is 8.56. The molecule has 0 radical (unpaired) electrons. The Morgan fingerprint density at radius 1 is 1.46 bits per heavy atom. The van der Waals surface area contributed by atoms with Crippen LogP contribution in [0, 0.1) is 13.8 Å². The molecule has 0 aliphatic heterocycles. The van der Waals surface area contributed by atoms with Crippen LogP contribution in [0.15, 0.2) is 6.20 Å². The SMILES string of the molecule is Cc1cnc(NCCCO)nc1C. The van der Waals surface area contributed by atoms with Crippen molar-refractivity contribution in [3.63, 3.8) is 0 Å². The van der Waals surface area contributed by atoms with Crippen molar-refractivity contribution in [3.05, 3.63) is 17.5 Å². The third-order valence-corrected chi connectivity index (χ3v) is 1.84. The highest BCUT2D eigenvalue weighted by Gasteiger charge is 1.97. The standard InChI is InChI=1S/C9H15N3O/c1-7-6-11-9(12-8(7)2)10-4-3-5-13/h6,13H,3-5H2,1-2H3,(H,10,11,12). The first-order valence-corrected chi connectivity index (χ1v) is 4.39. The molecule has 72 valence electrons. The molecule has 0 saturated heterocycles. The first-order chi connectivity index (χ1) is 6.24.